The van der Waals surface area contributed by atoms with E-state index in [1.54, 1.807) is 24.3 Å². The Labute approximate surface area is 163 Å². The first-order chi connectivity index (χ1) is 13.5. The van der Waals surface area contributed by atoms with Crippen molar-refractivity contribution in [2.45, 2.75) is 18.5 Å². The third-order valence-electron chi connectivity index (χ3n) is 5.34. The molecule has 3 N–H and O–H groups in total. The number of anilines is 1. The number of aliphatic imine (C=N–C) groups is 1. The molecule has 0 unspecified atom stereocenters. The zero-order valence-corrected chi connectivity index (χ0v) is 15.6. The number of hydrogen-bond acceptors (Lipinski definition) is 6. The number of carbonyl (C=O) groups excluding carboxylic acids is 2. The van der Waals surface area contributed by atoms with Crippen molar-refractivity contribution in [3.8, 4) is 0 Å². The Bertz CT molecular complexity index is 944. The number of methoxy groups -OCH3 is 1. The smallest absolute Gasteiger partial charge is 0.337 e. The second kappa shape index (κ2) is 6.99. The van der Waals surface area contributed by atoms with Gasteiger partial charge in [-0.15, -0.1) is 0 Å². The minimum Gasteiger partial charge on any atom is -0.465 e. The maximum Gasteiger partial charge on any atom is 0.337 e. The van der Waals surface area contributed by atoms with Gasteiger partial charge in [0.1, 0.15) is 11.5 Å². The molecule has 1 amide bonds. The number of esters is 1. The molecule has 7 nitrogen and oxygen atoms in total. The number of para-hydroxylation sites is 1. The Morgan fingerprint density at radius 2 is 1.71 bits per heavy atom. The number of likely N-dealkylation sites (tertiary alicyclic amines) is 1. The van der Waals surface area contributed by atoms with Crippen molar-refractivity contribution < 1.29 is 14.3 Å². The van der Waals surface area contributed by atoms with Crippen LogP contribution in [0.1, 0.15) is 39.1 Å². The summed E-state index contributed by atoms with van der Waals surface area (Å²) in [5.41, 5.74) is 8.58. The molecule has 0 aliphatic carbocycles. The molecule has 144 valence electrons. The van der Waals surface area contributed by atoms with Crippen molar-refractivity contribution in [3.05, 3.63) is 65.2 Å². The highest BCUT2D eigenvalue weighted by Crippen LogP contribution is 2.34. The molecule has 2 aromatic rings. The van der Waals surface area contributed by atoms with Gasteiger partial charge in [0.05, 0.1) is 12.7 Å². The number of fused-ring (bicyclic) bond motifs is 1. The molecular formula is C21H22N4O3. The van der Waals surface area contributed by atoms with Crippen LogP contribution in [0.4, 0.5) is 5.69 Å². The van der Waals surface area contributed by atoms with Gasteiger partial charge in [0.15, 0.2) is 0 Å². The minimum atomic E-state index is -0.468. The number of hydrogen-bond donors (Lipinski definition) is 2. The van der Waals surface area contributed by atoms with Crippen molar-refractivity contribution in [1.29, 1.82) is 0 Å². The van der Waals surface area contributed by atoms with Gasteiger partial charge in [0.2, 0.25) is 0 Å². The van der Waals surface area contributed by atoms with E-state index in [4.69, 9.17) is 10.7 Å². The van der Waals surface area contributed by atoms with Crippen molar-refractivity contribution >= 4 is 23.4 Å². The van der Waals surface area contributed by atoms with Crippen LogP contribution in [-0.2, 0) is 4.74 Å². The lowest BCUT2D eigenvalue weighted by Gasteiger charge is -2.42. The lowest BCUT2D eigenvalue weighted by atomic mass is 9.93. The molecule has 7 heteroatoms. The normalized spacial score (nSPS) is 17.3. The zero-order valence-electron chi connectivity index (χ0n) is 15.6. The molecule has 0 atom stereocenters. The fourth-order valence-corrected chi connectivity index (χ4v) is 3.75. The van der Waals surface area contributed by atoms with E-state index in [1.807, 2.05) is 29.2 Å². The maximum absolute atomic E-state index is 12.8. The highest BCUT2D eigenvalue weighted by molar-refractivity contribution is 6.04. The number of ether oxygens (including phenoxy) is 1. The van der Waals surface area contributed by atoms with Crippen molar-refractivity contribution in [3.63, 3.8) is 0 Å². The number of nitrogens with one attached hydrogen (secondary N) is 1. The van der Waals surface area contributed by atoms with E-state index in [0.717, 1.165) is 11.3 Å². The Morgan fingerprint density at radius 3 is 2.39 bits per heavy atom. The second-order valence-electron chi connectivity index (χ2n) is 7.06. The van der Waals surface area contributed by atoms with E-state index in [0.29, 0.717) is 42.9 Å². The predicted molar refractivity (Wildman–Crippen MR) is 106 cm³/mol. The van der Waals surface area contributed by atoms with Crippen LogP contribution in [0, 0.1) is 0 Å². The molecule has 1 spiro atoms. The van der Waals surface area contributed by atoms with Gasteiger partial charge in [-0.25, -0.2) is 9.79 Å². The number of carbonyl (C=O) groups is 2. The molecule has 1 saturated heterocycles. The Kier molecular flexibility index (Phi) is 4.50. The highest BCUT2D eigenvalue weighted by Gasteiger charge is 2.38. The van der Waals surface area contributed by atoms with Crippen LogP contribution in [0.3, 0.4) is 0 Å². The molecule has 0 bridgehead atoms. The largest absolute Gasteiger partial charge is 0.465 e. The molecule has 2 heterocycles. The number of rotatable bonds is 2. The highest BCUT2D eigenvalue weighted by atomic mass is 16.5. The first-order valence-electron chi connectivity index (χ1n) is 9.22. The zero-order chi connectivity index (χ0) is 19.7. The molecule has 0 aromatic heterocycles. The lowest BCUT2D eigenvalue weighted by Crippen LogP contribution is -2.52. The van der Waals surface area contributed by atoms with Crippen LogP contribution in [-0.4, -0.2) is 48.5 Å². The number of piperidine rings is 1. The third kappa shape index (κ3) is 3.19. The SMILES string of the molecule is COC(=O)c1ccc(C(=O)N2CCC3(CC2)N=C(N)c2ccccc2N3)cc1. The van der Waals surface area contributed by atoms with Crippen LogP contribution in [0.2, 0.25) is 0 Å². The summed E-state index contributed by atoms with van der Waals surface area (Å²) >= 11 is 0. The van der Waals surface area contributed by atoms with Crippen molar-refractivity contribution in [1.82, 2.24) is 4.90 Å². The Balaban J connectivity index is 1.45. The minimum absolute atomic E-state index is 0.0561. The van der Waals surface area contributed by atoms with E-state index in [1.165, 1.54) is 7.11 Å². The molecule has 1 fully saturated rings. The van der Waals surface area contributed by atoms with Crippen molar-refractivity contribution in [2.75, 3.05) is 25.5 Å². The van der Waals surface area contributed by atoms with E-state index >= 15 is 0 Å². The summed E-state index contributed by atoms with van der Waals surface area (Å²) in [6.45, 7) is 1.15. The topological polar surface area (TPSA) is 97.0 Å². The van der Waals surface area contributed by atoms with E-state index in [2.05, 4.69) is 10.1 Å². The molecule has 0 radical (unpaired) electrons. The molecule has 28 heavy (non-hydrogen) atoms. The monoisotopic (exact) mass is 378 g/mol. The maximum atomic E-state index is 12.8. The van der Waals surface area contributed by atoms with Gasteiger partial charge in [0.25, 0.3) is 5.91 Å². The predicted octanol–water partition coefficient (Wildman–Crippen LogP) is 2.24. The van der Waals surface area contributed by atoms with Gasteiger partial charge in [-0.1, -0.05) is 12.1 Å². The Hall–Kier alpha value is -3.35. The van der Waals surface area contributed by atoms with Crippen LogP contribution in [0.5, 0.6) is 0 Å². The second-order valence-corrected chi connectivity index (χ2v) is 7.06. The molecular weight excluding hydrogens is 356 g/mol. The number of nitrogens with zero attached hydrogens (tertiary/aromatic N) is 2. The fourth-order valence-electron chi connectivity index (χ4n) is 3.75. The average Bonchev–Trinajstić information content (AvgIpc) is 2.73. The Morgan fingerprint density at radius 1 is 1.07 bits per heavy atom. The van der Waals surface area contributed by atoms with E-state index in [-0.39, 0.29) is 5.91 Å². The van der Waals surface area contributed by atoms with E-state index < -0.39 is 11.6 Å². The summed E-state index contributed by atoms with van der Waals surface area (Å²) in [6.07, 6.45) is 1.35. The summed E-state index contributed by atoms with van der Waals surface area (Å²) in [5.74, 6) is 0.0602. The van der Waals surface area contributed by atoms with Crippen LogP contribution in [0.15, 0.2) is 53.5 Å². The van der Waals surface area contributed by atoms with Gasteiger partial charge in [-0.05, 0) is 36.4 Å². The standard InChI is InChI=1S/C21H22N4O3/c1-28-20(27)15-8-6-14(7-9-15)19(26)25-12-10-21(11-13-25)23-17-5-3-2-4-16(17)18(22)24-21/h2-9,23H,10-13H2,1H3,(H2,22,24). The van der Waals surface area contributed by atoms with Crippen LogP contribution >= 0.6 is 0 Å². The summed E-state index contributed by atoms with van der Waals surface area (Å²) in [6, 6.07) is 14.4. The first kappa shape index (κ1) is 18.0. The summed E-state index contributed by atoms with van der Waals surface area (Å²) in [5, 5.41) is 3.51. The number of amidine groups is 1. The molecule has 2 aliphatic rings. The first-order valence-corrected chi connectivity index (χ1v) is 9.22. The number of nitrogens with two attached hydrogens (primary N) is 1. The average molecular weight is 378 g/mol. The van der Waals surface area contributed by atoms with Gasteiger partial charge < -0.3 is 20.7 Å². The molecule has 0 saturated carbocycles. The quantitative estimate of drug-likeness (QED) is 0.781. The van der Waals surface area contributed by atoms with E-state index in [9.17, 15) is 9.59 Å². The molecule has 2 aliphatic heterocycles. The molecule has 4 rings (SSSR count). The van der Waals surface area contributed by atoms with Gasteiger partial charge in [-0.2, -0.15) is 0 Å². The van der Waals surface area contributed by atoms with Crippen LogP contribution < -0.4 is 11.1 Å². The summed E-state index contributed by atoms with van der Waals surface area (Å²) in [7, 11) is 1.33. The van der Waals surface area contributed by atoms with Crippen molar-refractivity contribution in [2.24, 2.45) is 10.7 Å². The summed E-state index contributed by atoms with van der Waals surface area (Å²) < 4.78 is 4.69. The number of benzene rings is 2. The lowest BCUT2D eigenvalue weighted by molar-refractivity contribution is 0.0598. The molecule has 2 aromatic carbocycles. The van der Waals surface area contributed by atoms with Gasteiger partial charge in [-0.3, -0.25) is 4.79 Å². The van der Waals surface area contributed by atoms with Gasteiger partial charge in [0, 0.05) is 42.7 Å². The summed E-state index contributed by atoms with van der Waals surface area (Å²) in [4.78, 5) is 30.9. The van der Waals surface area contributed by atoms with Gasteiger partial charge >= 0.3 is 5.97 Å². The third-order valence-corrected chi connectivity index (χ3v) is 5.34. The number of amides is 1. The van der Waals surface area contributed by atoms with Crippen LogP contribution in [0.25, 0.3) is 0 Å². The fraction of sp³-hybridized carbons (Fsp3) is 0.286.